The zero-order valence-electron chi connectivity index (χ0n) is 18.4. The third kappa shape index (κ3) is 4.10. The predicted molar refractivity (Wildman–Crippen MR) is 128 cm³/mol. The Bertz CT molecular complexity index is 1250. The number of methoxy groups -OCH3 is 2. The average Bonchev–Trinajstić information content (AvgIpc) is 2.86. The van der Waals surface area contributed by atoms with Crippen LogP contribution in [0.25, 0.3) is 22.5 Å². The molecule has 32 heavy (non-hydrogen) atoms. The van der Waals surface area contributed by atoms with Gasteiger partial charge in [0.05, 0.1) is 19.8 Å². The van der Waals surface area contributed by atoms with E-state index in [0.717, 1.165) is 28.1 Å². The Morgan fingerprint density at radius 3 is 2.16 bits per heavy atom. The number of nitrogens with zero attached hydrogens (tertiary/aromatic N) is 1. The minimum Gasteiger partial charge on any atom is -0.497 e. The number of anilines is 2. The molecule has 0 aliphatic carbocycles. The summed E-state index contributed by atoms with van der Waals surface area (Å²) >= 11 is 0. The van der Waals surface area contributed by atoms with E-state index in [1.165, 1.54) is 0 Å². The Kier molecular flexibility index (Phi) is 6.26. The summed E-state index contributed by atoms with van der Waals surface area (Å²) in [6, 6.07) is 26.9. The minimum absolute atomic E-state index is 0.414. The van der Waals surface area contributed by atoms with Crippen molar-refractivity contribution < 1.29 is 13.9 Å². The van der Waals surface area contributed by atoms with Crippen molar-refractivity contribution in [2.24, 2.45) is 0 Å². The largest absolute Gasteiger partial charge is 0.497 e. The van der Waals surface area contributed by atoms with E-state index in [2.05, 4.69) is 0 Å². The lowest BCUT2D eigenvalue weighted by molar-refractivity contribution is 0.414. The SMILES string of the molecule is CCN(c1ccc(OC)cc1)c1cc(-c2ccccc2)c(-c2ccccc2OC)oc1=O. The maximum atomic E-state index is 13.2. The van der Waals surface area contributed by atoms with Crippen molar-refractivity contribution in [3.63, 3.8) is 0 Å². The van der Waals surface area contributed by atoms with Gasteiger partial charge in [0, 0.05) is 17.8 Å². The van der Waals surface area contributed by atoms with E-state index in [1.807, 2.05) is 96.8 Å². The fourth-order valence-electron chi connectivity index (χ4n) is 3.77. The molecule has 0 fully saturated rings. The van der Waals surface area contributed by atoms with E-state index in [-0.39, 0.29) is 0 Å². The molecule has 0 aliphatic rings. The molecule has 4 rings (SSSR count). The van der Waals surface area contributed by atoms with Gasteiger partial charge in [-0.2, -0.15) is 0 Å². The molecule has 5 nitrogen and oxygen atoms in total. The van der Waals surface area contributed by atoms with Crippen molar-refractivity contribution in [1.82, 2.24) is 0 Å². The summed E-state index contributed by atoms with van der Waals surface area (Å²) in [5.74, 6) is 1.88. The molecular formula is C27H25NO4. The van der Waals surface area contributed by atoms with Gasteiger partial charge >= 0.3 is 5.63 Å². The highest BCUT2D eigenvalue weighted by atomic mass is 16.5. The third-order valence-corrected chi connectivity index (χ3v) is 5.36. The van der Waals surface area contributed by atoms with Gasteiger partial charge in [-0.25, -0.2) is 4.79 Å². The van der Waals surface area contributed by atoms with Crippen LogP contribution in [-0.4, -0.2) is 20.8 Å². The second-order valence-corrected chi connectivity index (χ2v) is 7.17. The molecule has 0 aliphatic heterocycles. The van der Waals surface area contributed by atoms with E-state index in [4.69, 9.17) is 13.9 Å². The Labute approximate surface area is 187 Å². The number of hydrogen-bond donors (Lipinski definition) is 0. The van der Waals surface area contributed by atoms with Gasteiger partial charge in [0.15, 0.2) is 0 Å². The zero-order chi connectivity index (χ0) is 22.5. The standard InChI is InChI=1S/C27H25NO4/c1-4-28(20-14-16-21(30-2)17-15-20)24-18-23(19-10-6-5-7-11-19)26(32-27(24)29)22-12-8-9-13-25(22)31-3/h5-18H,4H2,1-3H3. The van der Waals surface area contributed by atoms with Gasteiger partial charge in [0.25, 0.3) is 0 Å². The molecule has 0 unspecified atom stereocenters. The van der Waals surface area contributed by atoms with Crippen molar-refractivity contribution in [3.05, 3.63) is 95.3 Å². The van der Waals surface area contributed by atoms with E-state index >= 15 is 0 Å². The lowest BCUT2D eigenvalue weighted by Gasteiger charge is -2.23. The van der Waals surface area contributed by atoms with Gasteiger partial charge in [-0.1, -0.05) is 42.5 Å². The Balaban J connectivity index is 1.93. The van der Waals surface area contributed by atoms with Crippen molar-refractivity contribution in [1.29, 1.82) is 0 Å². The Morgan fingerprint density at radius 1 is 0.812 bits per heavy atom. The maximum absolute atomic E-state index is 13.2. The Morgan fingerprint density at radius 2 is 1.50 bits per heavy atom. The van der Waals surface area contributed by atoms with Crippen LogP contribution in [0, 0.1) is 0 Å². The minimum atomic E-state index is -0.414. The molecule has 0 N–H and O–H groups in total. The van der Waals surface area contributed by atoms with Crippen LogP contribution in [0.1, 0.15) is 6.92 Å². The van der Waals surface area contributed by atoms with Gasteiger partial charge < -0.3 is 18.8 Å². The highest BCUT2D eigenvalue weighted by molar-refractivity contribution is 5.84. The highest BCUT2D eigenvalue weighted by Gasteiger charge is 2.21. The first-order valence-corrected chi connectivity index (χ1v) is 10.4. The summed E-state index contributed by atoms with van der Waals surface area (Å²) in [5.41, 5.74) is 3.42. The molecule has 1 heterocycles. The second kappa shape index (κ2) is 9.43. The first-order valence-electron chi connectivity index (χ1n) is 10.4. The van der Waals surface area contributed by atoms with Crippen LogP contribution in [0.5, 0.6) is 11.5 Å². The van der Waals surface area contributed by atoms with Crippen LogP contribution in [0.3, 0.4) is 0 Å². The van der Waals surface area contributed by atoms with Crippen molar-refractivity contribution >= 4 is 11.4 Å². The second-order valence-electron chi connectivity index (χ2n) is 7.17. The lowest BCUT2D eigenvalue weighted by atomic mass is 9.99. The van der Waals surface area contributed by atoms with Crippen LogP contribution in [0.4, 0.5) is 11.4 Å². The summed E-state index contributed by atoms with van der Waals surface area (Å²) in [6.07, 6.45) is 0. The summed E-state index contributed by atoms with van der Waals surface area (Å²) in [5, 5.41) is 0. The fourth-order valence-corrected chi connectivity index (χ4v) is 3.77. The van der Waals surface area contributed by atoms with Gasteiger partial charge in [0.1, 0.15) is 22.9 Å². The van der Waals surface area contributed by atoms with E-state index in [0.29, 0.717) is 23.7 Å². The summed E-state index contributed by atoms with van der Waals surface area (Å²) in [4.78, 5) is 15.2. The number of para-hydroxylation sites is 1. The smallest absolute Gasteiger partial charge is 0.360 e. The zero-order valence-corrected chi connectivity index (χ0v) is 18.4. The predicted octanol–water partition coefficient (Wildman–Crippen LogP) is 6.15. The maximum Gasteiger partial charge on any atom is 0.360 e. The van der Waals surface area contributed by atoms with Crippen LogP contribution in [0.15, 0.2) is 94.1 Å². The van der Waals surface area contributed by atoms with Crippen LogP contribution in [-0.2, 0) is 0 Å². The normalized spacial score (nSPS) is 10.6. The quantitative estimate of drug-likeness (QED) is 0.354. The van der Waals surface area contributed by atoms with Crippen molar-refractivity contribution in [3.8, 4) is 33.9 Å². The molecule has 3 aromatic carbocycles. The summed E-state index contributed by atoms with van der Waals surface area (Å²) < 4.78 is 16.8. The molecule has 4 aromatic rings. The lowest BCUT2D eigenvalue weighted by Crippen LogP contribution is -2.23. The molecule has 0 bridgehead atoms. The molecular weight excluding hydrogens is 402 g/mol. The number of hydrogen-bond acceptors (Lipinski definition) is 5. The van der Waals surface area contributed by atoms with Crippen LogP contribution in [0.2, 0.25) is 0 Å². The van der Waals surface area contributed by atoms with Crippen molar-refractivity contribution in [2.75, 3.05) is 25.7 Å². The molecule has 0 atom stereocenters. The van der Waals surface area contributed by atoms with Crippen LogP contribution < -0.4 is 20.0 Å². The molecule has 0 saturated carbocycles. The summed E-state index contributed by atoms with van der Waals surface area (Å²) in [7, 11) is 3.24. The Hall–Kier alpha value is -3.99. The average molecular weight is 428 g/mol. The van der Waals surface area contributed by atoms with Crippen LogP contribution >= 0.6 is 0 Å². The monoisotopic (exact) mass is 427 g/mol. The highest BCUT2D eigenvalue weighted by Crippen LogP contribution is 2.38. The molecule has 162 valence electrons. The molecule has 0 saturated heterocycles. The van der Waals surface area contributed by atoms with E-state index in [1.54, 1.807) is 14.2 Å². The first-order chi connectivity index (χ1) is 15.7. The number of rotatable bonds is 7. The van der Waals surface area contributed by atoms with Crippen molar-refractivity contribution in [2.45, 2.75) is 6.92 Å². The van der Waals surface area contributed by atoms with E-state index in [9.17, 15) is 4.79 Å². The molecule has 0 radical (unpaired) electrons. The van der Waals surface area contributed by atoms with Gasteiger partial charge in [-0.05, 0) is 55.0 Å². The number of ether oxygens (including phenoxy) is 2. The number of benzene rings is 3. The molecule has 0 amide bonds. The third-order valence-electron chi connectivity index (χ3n) is 5.36. The van der Waals surface area contributed by atoms with Gasteiger partial charge in [-0.3, -0.25) is 0 Å². The fraction of sp³-hybridized carbons (Fsp3) is 0.148. The molecule has 1 aromatic heterocycles. The summed E-state index contributed by atoms with van der Waals surface area (Å²) in [6.45, 7) is 2.60. The van der Waals surface area contributed by atoms with Gasteiger partial charge in [-0.15, -0.1) is 0 Å². The van der Waals surface area contributed by atoms with E-state index < -0.39 is 5.63 Å². The molecule has 0 spiro atoms. The molecule has 5 heteroatoms. The first kappa shape index (κ1) is 21.2. The van der Waals surface area contributed by atoms with Gasteiger partial charge in [0.2, 0.25) is 0 Å². The topological polar surface area (TPSA) is 51.9 Å².